The van der Waals surface area contributed by atoms with Gasteiger partial charge in [-0.2, -0.15) is 0 Å². The first-order valence-corrected chi connectivity index (χ1v) is 6.99. The van der Waals surface area contributed by atoms with Gasteiger partial charge < -0.3 is 15.5 Å². The van der Waals surface area contributed by atoms with Gasteiger partial charge >= 0.3 is 0 Å². The van der Waals surface area contributed by atoms with E-state index < -0.39 is 0 Å². The molecular weight excluding hydrogens is 214 g/mol. The van der Waals surface area contributed by atoms with Crippen molar-refractivity contribution >= 4 is 5.91 Å². The molecule has 1 aliphatic rings. The van der Waals surface area contributed by atoms with Gasteiger partial charge in [-0.05, 0) is 52.7 Å². The molecule has 0 unspecified atom stereocenters. The number of carbonyl (C=O) groups is 1. The lowest BCUT2D eigenvalue weighted by Crippen LogP contribution is -2.40. The summed E-state index contributed by atoms with van der Waals surface area (Å²) < 4.78 is 0. The molecule has 0 aromatic carbocycles. The summed E-state index contributed by atoms with van der Waals surface area (Å²) in [5, 5.41) is 6.89. The Balaban J connectivity index is 2.04. The van der Waals surface area contributed by atoms with Crippen molar-refractivity contribution in [2.24, 2.45) is 0 Å². The number of hydrogen-bond donors (Lipinski definition) is 2. The lowest BCUT2D eigenvalue weighted by atomic mass is 10.1. The Morgan fingerprint density at radius 3 is 2.53 bits per heavy atom. The molecule has 17 heavy (non-hydrogen) atoms. The van der Waals surface area contributed by atoms with Crippen molar-refractivity contribution in [1.82, 2.24) is 15.5 Å². The smallest absolute Gasteiger partial charge is 0.222 e. The third kappa shape index (κ3) is 5.50. The number of amides is 1. The van der Waals surface area contributed by atoms with Gasteiger partial charge in [0.2, 0.25) is 5.91 Å². The van der Waals surface area contributed by atoms with Crippen LogP contribution in [0, 0.1) is 0 Å². The molecule has 0 aromatic heterocycles. The third-order valence-electron chi connectivity index (χ3n) is 3.46. The zero-order chi connectivity index (χ0) is 12.5. The van der Waals surface area contributed by atoms with Crippen LogP contribution in [0.2, 0.25) is 0 Å². The van der Waals surface area contributed by atoms with Gasteiger partial charge in [-0.25, -0.2) is 0 Å². The van der Waals surface area contributed by atoms with Crippen molar-refractivity contribution in [2.45, 2.75) is 45.6 Å². The van der Waals surface area contributed by atoms with Gasteiger partial charge in [0.15, 0.2) is 0 Å². The topological polar surface area (TPSA) is 44.4 Å². The van der Waals surface area contributed by atoms with E-state index in [4.69, 9.17) is 0 Å². The number of nitrogens with one attached hydrogen (secondary N) is 2. The average molecular weight is 241 g/mol. The monoisotopic (exact) mass is 241 g/mol. The predicted molar refractivity (Wildman–Crippen MR) is 71.1 cm³/mol. The van der Waals surface area contributed by atoms with Crippen LogP contribution in [0.15, 0.2) is 0 Å². The number of nitrogens with zero attached hydrogens (tertiary/aromatic N) is 1. The summed E-state index contributed by atoms with van der Waals surface area (Å²) in [6.45, 7) is 8.95. The third-order valence-corrected chi connectivity index (χ3v) is 3.46. The predicted octanol–water partition coefficient (Wildman–Crippen LogP) is 0.977. The Morgan fingerprint density at radius 2 is 1.94 bits per heavy atom. The van der Waals surface area contributed by atoms with Gasteiger partial charge in [0.1, 0.15) is 0 Å². The summed E-state index contributed by atoms with van der Waals surface area (Å²) >= 11 is 0. The van der Waals surface area contributed by atoms with Gasteiger partial charge in [0.05, 0.1) is 0 Å². The minimum Gasteiger partial charge on any atom is -0.343 e. The molecule has 2 N–H and O–H groups in total. The van der Waals surface area contributed by atoms with Crippen LogP contribution in [-0.4, -0.2) is 49.6 Å². The second-order valence-corrected chi connectivity index (χ2v) is 4.65. The highest BCUT2D eigenvalue weighted by atomic mass is 16.2. The van der Waals surface area contributed by atoms with Gasteiger partial charge in [-0.3, -0.25) is 4.79 Å². The molecule has 0 radical (unpaired) electrons. The van der Waals surface area contributed by atoms with Crippen LogP contribution in [0.5, 0.6) is 0 Å². The van der Waals surface area contributed by atoms with Gasteiger partial charge in [0, 0.05) is 25.6 Å². The van der Waals surface area contributed by atoms with Crippen LogP contribution >= 0.6 is 0 Å². The van der Waals surface area contributed by atoms with Crippen molar-refractivity contribution in [3.8, 4) is 0 Å². The van der Waals surface area contributed by atoms with Crippen molar-refractivity contribution in [3.63, 3.8) is 0 Å². The van der Waals surface area contributed by atoms with E-state index >= 15 is 0 Å². The Hall–Kier alpha value is -0.610. The Labute approximate surface area is 105 Å². The minimum absolute atomic E-state index is 0.294. The maximum absolute atomic E-state index is 11.7. The standard InChI is InChI=1S/C13H27N3O/c1-3-16(4-2)13(17)6-5-9-15-12-7-10-14-11-8-12/h12,14-15H,3-11H2,1-2H3. The Bertz CT molecular complexity index is 211. The minimum atomic E-state index is 0.294. The van der Waals surface area contributed by atoms with Gasteiger partial charge in [0.25, 0.3) is 0 Å². The Kier molecular flexibility index (Phi) is 7.21. The van der Waals surface area contributed by atoms with Gasteiger partial charge in [-0.15, -0.1) is 0 Å². The van der Waals surface area contributed by atoms with Crippen LogP contribution in [0.1, 0.15) is 39.5 Å². The SMILES string of the molecule is CCN(CC)C(=O)CCCNC1CCNCC1. The van der Waals surface area contributed by atoms with Crippen molar-refractivity contribution in [3.05, 3.63) is 0 Å². The number of carbonyl (C=O) groups excluding carboxylic acids is 1. The van der Waals surface area contributed by atoms with Crippen molar-refractivity contribution in [2.75, 3.05) is 32.7 Å². The first kappa shape index (κ1) is 14.5. The van der Waals surface area contributed by atoms with Crippen LogP contribution in [0.4, 0.5) is 0 Å². The van der Waals surface area contributed by atoms with E-state index in [0.29, 0.717) is 18.4 Å². The fraction of sp³-hybridized carbons (Fsp3) is 0.923. The maximum atomic E-state index is 11.7. The van der Waals surface area contributed by atoms with Crippen molar-refractivity contribution < 1.29 is 4.79 Å². The molecular formula is C13H27N3O. The highest BCUT2D eigenvalue weighted by molar-refractivity contribution is 5.76. The molecule has 1 fully saturated rings. The normalized spacial score (nSPS) is 17.1. The molecule has 1 heterocycles. The fourth-order valence-electron chi connectivity index (χ4n) is 2.31. The summed E-state index contributed by atoms with van der Waals surface area (Å²) in [5.41, 5.74) is 0. The average Bonchev–Trinajstić information content (AvgIpc) is 2.37. The molecule has 0 saturated carbocycles. The zero-order valence-electron chi connectivity index (χ0n) is 11.3. The molecule has 1 amide bonds. The lowest BCUT2D eigenvalue weighted by Gasteiger charge is -2.24. The molecule has 0 atom stereocenters. The highest BCUT2D eigenvalue weighted by Gasteiger charge is 2.12. The fourth-order valence-corrected chi connectivity index (χ4v) is 2.31. The van der Waals surface area contributed by atoms with Crippen LogP contribution < -0.4 is 10.6 Å². The summed E-state index contributed by atoms with van der Waals surface area (Å²) in [6, 6.07) is 0.653. The maximum Gasteiger partial charge on any atom is 0.222 e. The molecule has 1 rings (SSSR count). The van der Waals surface area contributed by atoms with Crippen LogP contribution in [0.3, 0.4) is 0 Å². The summed E-state index contributed by atoms with van der Waals surface area (Å²) in [6.07, 6.45) is 4.06. The summed E-state index contributed by atoms with van der Waals surface area (Å²) in [4.78, 5) is 13.7. The largest absolute Gasteiger partial charge is 0.343 e. The van der Waals surface area contributed by atoms with Crippen LogP contribution in [0.25, 0.3) is 0 Å². The molecule has 0 spiro atoms. The zero-order valence-corrected chi connectivity index (χ0v) is 11.3. The molecule has 4 nitrogen and oxygen atoms in total. The van der Waals surface area contributed by atoms with Crippen molar-refractivity contribution in [1.29, 1.82) is 0 Å². The van der Waals surface area contributed by atoms with E-state index in [1.807, 2.05) is 18.7 Å². The second-order valence-electron chi connectivity index (χ2n) is 4.65. The second kappa shape index (κ2) is 8.48. The molecule has 0 aliphatic carbocycles. The van der Waals surface area contributed by atoms with E-state index in [-0.39, 0.29) is 0 Å². The molecule has 1 saturated heterocycles. The van der Waals surface area contributed by atoms with E-state index in [1.165, 1.54) is 12.8 Å². The quantitative estimate of drug-likeness (QED) is 0.653. The first-order chi connectivity index (χ1) is 8.27. The number of hydrogen-bond acceptors (Lipinski definition) is 3. The highest BCUT2D eigenvalue weighted by Crippen LogP contribution is 2.03. The summed E-state index contributed by atoms with van der Waals surface area (Å²) in [7, 11) is 0. The molecule has 1 aliphatic heterocycles. The number of rotatable bonds is 7. The van der Waals surface area contributed by atoms with E-state index in [0.717, 1.165) is 39.1 Å². The Morgan fingerprint density at radius 1 is 1.29 bits per heavy atom. The summed E-state index contributed by atoms with van der Waals surface area (Å²) in [5.74, 6) is 0.294. The van der Waals surface area contributed by atoms with E-state index in [1.54, 1.807) is 0 Å². The molecule has 4 heteroatoms. The van der Waals surface area contributed by atoms with E-state index in [9.17, 15) is 4.79 Å². The molecule has 100 valence electrons. The van der Waals surface area contributed by atoms with E-state index in [2.05, 4.69) is 10.6 Å². The van der Waals surface area contributed by atoms with Gasteiger partial charge in [-0.1, -0.05) is 0 Å². The lowest BCUT2D eigenvalue weighted by molar-refractivity contribution is -0.130. The first-order valence-electron chi connectivity index (χ1n) is 6.99. The number of piperidine rings is 1. The molecule has 0 bridgehead atoms. The molecule has 0 aromatic rings. The van der Waals surface area contributed by atoms with Crippen LogP contribution in [-0.2, 0) is 4.79 Å².